The van der Waals surface area contributed by atoms with Crippen LogP contribution in [0.15, 0.2) is 12.1 Å². The Labute approximate surface area is 84.5 Å². The molecule has 15 heavy (non-hydrogen) atoms. The van der Waals surface area contributed by atoms with Gasteiger partial charge in [0.15, 0.2) is 6.61 Å². The van der Waals surface area contributed by atoms with Gasteiger partial charge in [-0.15, -0.1) is 0 Å². The Kier molecular flexibility index (Phi) is 3.52. The number of pyridine rings is 1. The Hall–Kier alpha value is -1.30. The van der Waals surface area contributed by atoms with Gasteiger partial charge >= 0.3 is 6.18 Å². The van der Waals surface area contributed by atoms with Gasteiger partial charge in [0.2, 0.25) is 0 Å². The summed E-state index contributed by atoms with van der Waals surface area (Å²) in [5.74, 6) is -0.0413. The van der Waals surface area contributed by atoms with Gasteiger partial charge < -0.3 is 9.84 Å². The number of aliphatic hydroxyl groups excluding tert-OH is 1. The van der Waals surface area contributed by atoms with Gasteiger partial charge in [0, 0.05) is 5.69 Å². The summed E-state index contributed by atoms with van der Waals surface area (Å²) < 4.78 is 40.0. The number of aliphatic hydroxyl groups is 1. The number of alkyl halides is 3. The van der Waals surface area contributed by atoms with Crippen molar-refractivity contribution >= 4 is 0 Å². The lowest BCUT2D eigenvalue weighted by atomic mass is 10.3. The lowest BCUT2D eigenvalue weighted by molar-refractivity contribution is -0.153. The van der Waals surface area contributed by atoms with Crippen LogP contribution in [0.2, 0.25) is 0 Å². The first-order valence-electron chi connectivity index (χ1n) is 4.19. The molecule has 0 aliphatic rings. The van der Waals surface area contributed by atoms with Crippen LogP contribution in [-0.4, -0.2) is 22.9 Å². The summed E-state index contributed by atoms with van der Waals surface area (Å²) in [7, 11) is 0. The minimum atomic E-state index is -4.39. The minimum absolute atomic E-state index is 0.0413. The van der Waals surface area contributed by atoms with E-state index in [1.54, 1.807) is 6.92 Å². The second-order valence-corrected chi connectivity index (χ2v) is 2.96. The molecule has 0 aromatic carbocycles. The van der Waals surface area contributed by atoms with Crippen LogP contribution < -0.4 is 4.74 Å². The number of ether oxygens (including phenoxy) is 1. The predicted octanol–water partition coefficient (Wildman–Crippen LogP) is 1.82. The third kappa shape index (κ3) is 3.75. The highest BCUT2D eigenvalue weighted by Crippen LogP contribution is 2.21. The number of halogens is 3. The summed E-state index contributed by atoms with van der Waals surface area (Å²) in [5, 5.41) is 8.85. The zero-order chi connectivity index (χ0) is 11.5. The second-order valence-electron chi connectivity index (χ2n) is 2.96. The van der Waals surface area contributed by atoms with E-state index in [1.165, 1.54) is 12.1 Å². The molecule has 0 atom stereocenters. The molecule has 0 spiro atoms. The number of hydrogen-bond acceptors (Lipinski definition) is 3. The summed E-state index contributed by atoms with van der Waals surface area (Å²) in [5.41, 5.74) is 0.720. The molecule has 0 radical (unpaired) electrons. The highest BCUT2D eigenvalue weighted by atomic mass is 19.4. The summed E-state index contributed by atoms with van der Waals surface area (Å²) in [6.07, 6.45) is -4.39. The Morgan fingerprint density at radius 2 is 2.07 bits per heavy atom. The molecule has 84 valence electrons. The number of aromatic nitrogens is 1. The molecule has 0 aliphatic heterocycles. The van der Waals surface area contributed by atoms with Gasteiger partial charge in [-0.05, 0) is 19.1 Å². The van der Waals surface area contributed by atoms with Crippen LogP contribution >= 0.6 is 0 Å². The van der Waals surface area contributed by atoms with Crippen molar-refractivity contribution in [2.24, 2.45) is 0 Å². The zero-order valence-electron chi connectivity index (χ0n) is 8.01. The average molecular weight is 221 g/mol. The summed E-state index contributed by atoms with van der Waals surface area (Å²) in [4.78, 5) is 3.85. The van der Waals surface area contributed by atoms with E-state index < -0.39 is 19.4 Å². The summed E-state index contributed by atoms with van der Waals surface area (Å²) in [6.45, 7) is -0.160. The van der Waals surface area contributed by atoms with Gasteiger partial charge in [0.25, 0.3) is 0 Å². The maximum Gasteiger partial charge on any atom is 0.422 e. The van der Waals surface area contributed by atoms with Crippen molar-refractivity contribution in [3.05, 3.63) is 23.5 Å². The normalized spacial score (nSPS) is 11.5. The molecular weight excluding hydrogens is 211 g/mol. The Bertz CT molecular complexity index is 339. The molecule has 0 bridgehead atoms. The Balaban J connectivity index is 2.76. The molecule has 1 aromatic heterocycles. The van der Waals surface area contributed by atoms with E-state index in [0.717, 1.165) is 0 Å². The minimum Gasteiger partial charge on any atom is -0.482 e. The molecule has 1 aromatic rings. The van der Waals surface area contributed by atoms with Gasteiger partial charge in [-0.25, -0.2) is 0 Å². The first kappa shape index (κ1) is 11.8. The first-order chi connectivity index (χ1) is 6.92. The van der Waals surface area contributed by atoms with Crippen LogP contribution in [0.25, 0.3) is 0 Å². The molecule has 6 heteroatoms. The number of rotatable bonds is 3. The molecule has 0 saturated heterocycles. The molecule has 0 unspecified atom stereocenters. The molecule has 3 nitrogen and oxygen atoms in total. The van der Waals surface area contributed by atoms with E-state index in [0.29, 0.717) is 5.69 Å². The van der Waals surface area contributed by atoms with Gasteiger partial charge in [-0.3, -0.25) is 4.98 Å². The van der Waals surface area contributed by atoms with E-state index in [2.05, 4.69) is 9.72 Å². The fraction of sp³-hybridized carbons (Fsp3) is 0.444. The highest BCUT2D eigenvalue weighted by molar-refractivity contribution is 5.28. The van der Waals surface area contributed by atoms with Crippen LogP contribution in [-0.2, 0) is 6.61 Å². The van der Waals surface area contributed by atoms with Crippen LogP contribution in [0.1, 0.15) is 11.4 Å². The first-order valence-corrected chi connectivity index (χ1v) is 4.19. The van der Waals surface area contributed by atoms with Gasteiger partial charge in [0.1, 0.15) is 11.4 Å². The molecular formula is C9H10F3NO2. The molecule has 0 aliphatic carbocycles. The van der Waals surface area contributed by atoms with E-state index in [4.69, 9.17) is 5.11 Å². The Morgan fingerprint density at radius 3 is 2.60 bits per heavy atom. The van der Waals surface area contributed by atoms with E-state index in [1.807, 2.05) is 0 Å². The maximum absolute atomic E-state index is 11.8. The third-order valence-corrected chi connectivity index (χ3v) is 1.61. The second kappa shape index (κ2) is 4.48. The Morgan fingerprint density at radius 1 is 1.40 bits per heavy atom. The van der Waals surface area contributed by atoms with Crippen LogP contribution in [0.3, 0.4) is 0 Å². The van der Waals surface area contributed by atoms with E-state index in [9.17, 15) is 13.2 Å². The topological polar surface area (TPSA) is 42.4 Å². The lowest BCUT2D eigenvalue weighted by Gasteiger charge is -2.11. The summed E-state index contributed by atoms with van der Waals surface area (Å²) >= 11 is 0. The van der Waals surface area contributed by atoms with Crippen molar-refractivity contribution in [2.45, 2.75) is 19.7 Å². The van der Waals surface area contributed by atoms with Crippen molar-refractivity contribution < 1.29 is 23.0 Å². The summed E-state index contributed by atoms with van der Waals surface area (Å²) in [6, 6.07) is 2.88. The monoisotopic (exact) mass is 221 g/mol. The average Bonchev–Trinajstić information content (AvgIpc) is 2.14. The maximum atomic E-state index is 11.8. The van der Waals surface area contributed by atoms with Crippen molar-refractivity contribution in [3.8, 4) is 5.75 Å². The molecule has 1 N–H and O–H groups in total. The number of hydrogen-bond donors (Lipinski definition) is 1. The third-order valence-electron chi connectivity index (χ3n) is 1.61. The van der Waals surface area contributed by atoms with Crippen molar-refractivity contribution in [3.63, 3.8) is 0 Å². The lowest BCUT2D eigenvalue weighted by Crippen LogP contribution is -2.20. The standard InChI is InChI=1S/C9H10F3NO2/c1-6-2-3-8(7(4-14)13-6)15-5-9(10,11)12/h2-3,14H,4-5H2,1H3. The zero-order valence-corrected chi connectivity index (χ0v) is 8.01. The van der Waals surface area contributed by atoms with Gasteiger partial charge in [0.05, 0.1) is 6.61 Å². The predicted molar refractivity (Wildman–Crippen MR) is 46.4 cm³/mol. The van der Waals surface area contributed by atoms with Crippen LogP contribution in [0, 0.1) is 6.92 Å². The highest BCUT2D eigenvalue weighted by Gasteiger charge is 2.28. The molecule has 0 fully saturated rings. The van der Waals surface area contributed by atoms with Crippen LogP contribution in [0.4, 0.5) is 13.2 Å². The van der Waals surface area contributed by atoms with Crippen molar-refractivity contribution in [1.29, 1.82) is 0 Å². The quantitative estimate of drug-likeness (QED) is 0.846. The fourth-order valence-electron chi connectivity index (χ4n) is 1.00. The smallest absolute Gasteiger partial charge is 0.422 e. The molecule has 1 rings (SSSR count). The number of nitrogens with zero attached hydrogens (tertiary/aromatic N) is 1. The van der Waals surface area contributed by atoms with Gasteiger partial charge in [-0.1, -0.05) is 0 Å². The van der Waals surface area contributed by atoms with Crippen molar-refractivity contribution in [1.82, 2.24) is 4.98 Å². The van der Waals surface area contributed by atoms with Gasteiger partial charge in [-0.2, -0.15) is 13.2 Å². The number of aryl methyl sites for hydroxylation is 1. The fourth-order valence-corrected chi connectivity index (χ4v) is 1.00. The van der Waals surface area contributed by atoms with Crippen molar-refractivity contribution in [2.75, 3.05) is 6.61 Å². The molecule has 0 saturated carbocycles. The largest absolute Gasteiger partial charge is 0.482 e. The van der Waals surface area contributed by atoms with E-state index in [-0.39, 0.29) is 11.4 Å². The molecule has 1 heterocycles. The SMILES string of the molecule is Cc1ccc(OCC(F)(F)F)c(CO)n1. The van der Waals surface area contributed by atoms with E-state index >= 15 is 0 Å². The molecule has 0 amide bonds. The van der Waals surface area contributed by atoms with Crippen LogP contribution in [0.5, 0.6) is 5.75 Å².